The van der Waals surface area contributed by atoms with Gasteiger partial charge in [0.05, 0.1) is 23.8 Å². The fourth-order valence-electron chi connectivity index (χ4n) is 4.48. The predicted molar refractivity (Wildman–Crippen MR) is 131 cm³/mol. The number of nitrogens with zero attached hydrogens (tertiary/aromatic N) is 4. The van der Waals surface area contributed by atoms with Crippen molar-refractivity contribution in [3.63, 3.8) is 0 Å². The third-order valence-corrected chi connectivity index (χ3v) is 8.45. The molecule has 1 aliphatic carbocycles. The maximum absolute atomic E-state index is 13.6. The van der Waals surface area contributed by atoms with Crippen molar-refractivity contribution >= 4 is 39.2 Å². The normalized spacial score (nSPS) is 19.0. The topological polar surface area (TPSA) is 67.7 Å². The van der Waals surface area contributed by atoms with Crippen LogP contribution >= 0.6 is 23.1 Å². The van der Waals surface area contributed by atoms with E-state index in [1.807, 2.05) is 23.6 Å². The van der Waals surface area contributed by atoms with Crippen molar-refractivity contribution in [3.8, 4) is 0 Å². The van der Waals surface area contributed by atoms with Gasteiger partial charge in [-0.25, -0.2) is 4.98 Å². The maximum Gasteiger partial charge on any atom is 0.263 e. The highest BCUT2D eigenvalue weighted by Crippen LogP contribution is 2.34. The zero-order chi connectivity index (χ0) is 22.7. The fourth-order valence-corrected chi connectivity index (χ4v) is 6.71. The van der Waals surface area contributed by atoms with Crippen LogP contribution in [0.2, 0.25) is 0 Å². The third-order valence-electron chi connectivity index (χ3n) is 6.30. The number of ether oxygens (including phenoxy) is 1. The number of carbonyl (C=O) groups excluding carboxylic acids is 1. The standard InChI is InChI=1S/C23H34N4O3S2/c1-4-16-14-26(12-13-30-16)19(28)15-31-23-24-21-20(17-8-5-6-9-18(17)32-21)22(29)27(23)11-7-10-25(2)3/h16H,4-15H2,1-3H3. The van der Waals surface area contributed by atoms with E-state index >= 15 is 0 Å². The van der Waals surface area contributed by atoms with E-state index in [-0.39, 0.29) is 17.6 Å². The summed E-state index contributed by atoms with van der Waals surface area (Å²) < 4.78 is 7.51. The van der Waals surface area contributed by atoms with Gasteiger partial charge in [0.25, 0.3) is 5.56 Å². The van der Waals surface area contributed by atoms with Crippen molar-refractivity contribution in [1.82, 2.24) is 19.4 Å². The highest BCUT2D eigenvalue weighted by atomic mass is 32.2. The fraction of sp³-hybridized carbons (Fsp3) is 0.696. The van der Waals surface area contributed by atoms with Gasteiger partial charge in [0.1, 0.15) is 4.83 Å². The molecule has 1 fully saturated rings. The SMILES string of the molecule is CCC1CN(C(=O)CSc2nc3sc4c(c3c(=O)n2CCCN(C)C)CCCC4)CCO1. The number of carbonyl (C=O) groups is 1. The van der Waals surface area contributed by atoms with Gasteiger partial charge in [0.15, 0.2) is 5.16 Å². The molecule has 7 nitrogen and oxygen atoms in total. The molecule has 1 saturated heterocycles. The molecule has 2 aromatic heterocycles. The Balaban J connectivity index is 1.58. The van der Waals surface area contributed by atoms with Gasteiger partial charge in [0.2, 0.25) is 5.91 Å². The molecule has 3 heterocycles. The van der Waals surface area contributed by atoms with Gasteiger partial charge in [-0.3, -0.25) is 14.2 Å². The number of aryl methyl sites for hydroxylation is 2. The summed E-state index contributed by atoms with van der Waals surface area (Å²) in [5, 5.41) is 1.50. The Hall–Kier alpha value is -1.42. The van der Waals surface area contributed by atoms with E-state index in [1.165, 1.54) is 28.6 Å². The first-order chi connectivity index (χ1) is 15.5. The minimum Gasteiger partial charge on any atom is -0.375 e. The highest BCUT2D eigenvalue weighted by molar-refractivity contribution is 7.99. The molecule has 9 heteroatoms. The average Bonchev–Trinajstić information content (AvgIpc) is 3.17. The monoisotopic (exact) mass is 478 g/mol. The van der Waals surface area contributed by atoms with Crippen molar-refractivity contribution in [2.24, 2.45) is 0 Å². The zero-order valence-corrected chi connectivity index (χ0v) is 21.0. The number of fused-ring (bicyclic) bond motifs is 3. The number of hydrogen-bond donors (Lipinski definition) is 0. The van der Waals surface area contributed by atoms with Crippen LogP contribution in [0.4, 0.5) is 0 Å². The lowest BCUT2D eigenvalue weighted by Gasteiger charge is -2.32. The Morgan fingerprint density at radius 2 is 2.12 bits per heavy atom. The van der Waals surface area contributed by atoms with Gasteiger partial charge in [0, 0.05) is 24.5 Å². The number of amides is 1. The van der Waals surface area contributed by atoms with Crippen molar-refractivity contribution in [1.29, 1.82) is 0 Å². The Morgan fingerprint density at radius 1 is 1.31 bits per heavy atom. The average molecular weight is 479 g/mol. The van der Waals surface area contributed by atoms with E-state index in [1.54, 1.807) is 11.3 Å². The van der Waals surface area contributed by atoms with Crippen molar-refractivity contribution in [2.75, 3.05) is 46.1 Å². The second-order valence-corrected chi connectivity index (χ2v) is 11.0. The van der Waals surface area contributed by atoms with Gasteiger partial charge >= 0.3 is 0 Å². The molecule has 2 aliphatic rings. The third kappa shape index (κ3) is 5.21. The van der Waals surface area contributed by atoms with E-state index in [0.717, 1.165) is 48.9 Å². The molecule has 0 saturated carbocycles. The Labute approximate surface area is 198 Å². The first kappa shape index (κ1) is 23.7. The minimum atomic E-state index is 0.0699. The zero-order valence-electron chi connectivity index (χ0n) is 19.4. The van der Waals surface area contributed by atoms with E-state index in [2.05, 4.69) is 11.8 Å². The largest absolute Gasteiger partial charge is 0.375 e. The highest BCUT2D eigenvalue weighted by Gasteiger charge is 2.25. The van der Waals surface area contributed by atoms with E-state index < -0.39 is 0 Å². The van der Waals surface area contributed by atoms with Crippen LogP contribution in [0.1, 0.15) is 43.0 Å². The molecule has 176 valence electrons. The molecular weight excluding hydrogens is 444 g/mol. The summed E-state index contributed by atoms with van der Waals surface area (Å²) in [4.78, 5) is 37.6. The van der Waals surface area contributed by atoms with Crippen LogP contribution in [0.15, 0.2) is 9.95 Å². The van der Waals surface area contributed by atoms with Crippen LogP contribution in [0.5, 0.6) is 0 Å². The molecule has 1 unspecified atom stereocenters. The Bertz CT molecular complexity index is 1020. The minimum absolute atomic E-state index is 0.0699. The van der Waals surface area contributed by atoms with Gasteiger partial charge in [-0.15, -0.1) is 11.3 Å². The van der Waals surface area contributed by atoms with Crippen molar-refractivity contribution in [2.45, 2.75) is 63.3 Å². The molecule has 0 radical (unpaired) electrons. The second kappa shape index (κ2) is 10.7. The molecule has 32 heavy (non-hydrogen) atoms. The molecule has 1 atom stereocenters. The van der Waals surface area contributed by atoms with E-state index in [9.17, 15) is 9.59 Å². The second-order valence-electron chi connectivity index (χ2n) is 8.93. The van der Waals surface area contributed by atoms with Gasteiger partial charge in [-0.1, -0.05) is 18.7 Å². The first-order valence-electron chi connectivity index (χ1n) is 11.7. The van der Waals surface area contributed by atoms with Gasteiger partial charge < -0.3 is 14.5 Å². The van der Waals surface area contributed by atoms with Crippen molar-refractivity contribution in [3.05, 3.63) is 20.8 Å². The number of hydrogen-bond acceptors (Lipinski definition) is 7. The number of thiophene rings is 1. The van der Waals surface area contributed by atoms with Gasteiger partial charge in [-0.05, 0) is 64.7 Å². The lowest BCUT2D eigenvalue weighted by molar-refractivity contribution is -0.135. The van der Waals surface area contributed by atoms with Crippen LogP contribution in [-0.4, -0.2) is 77.5 Å². The number of thioether (sulfide) groups is 1. The Morgan fingerprint density at radius 3 is 2.91 bits per heavy atom. The summed E-state index contributed by atoms with van der Waals surface area (Å²) in [7, 11) is 4.08. The smallest absolute Gasteiger partial charge is 0.263 e. The molecule has 0 bridgehead atoms. The summed E-state index contributed by atoms with van der Waals surface area (Å²) in [5.74, 6) is 0.393. The molecular formula is C23H34N4O3S2. The van der Waals surface area contributed by atoms with Gasteiger partial charge in [-0.2, -0.15) is 0 Å². The summed E-state index contributed by atoms with van der Waals surface area (Å²) in [6.07, 6.45) is 6.25. The summed E-state index contributed by atoms with van der Waals surface area (Å²) in [5.41, 5.74) is 1.29. The summed E-state index contributed by atoms with van der Waals surface area (Å²) in [6.45, 7) is 5.48. The summed E-state index contributed by atoms with van der Waals surface area (Å²) in [6, 6.07) is 0. The van der Waals surface area contributed by atoms with Crippen LogP contribution in [0.3, 0.4) is 0 Å². The molecule has 1 aliphatic heterocycles. The number of rotatable bonds is 8. The number of morpholine rings is 1. The first-order valence-corrected chi connectivity index (χ1v) is 13.5. The summed E-state index contributed by atoms with van der Waals surface area (Å²) >= 11 is 3.08. The molecule has 4 rings (SSSR count). The molecule has 1 amide bonds. The maximum atomic E-state index is 13.6. The molecule has 0 aromatic carbocycles. The predicted octanol–water partition coefficient (Wildman–Crippen LogP) is 3.02. The number of aromatic nitrogens is 2. The van der Waals surface area contributed by atoms with Crippen LogP contribution in [-0.2, 0) is 28.9 Å². The van der Waals surface area contributed by atoms with Crippen LogP contribution in [0, 0.1) is 0 Å². The van der Waals surface area contributed by atoms with E-state index in [0.29, 0.717) is 37.2 Å². The lowest BCUT2D eigenvalue weighted by atomic mass is 9.97. The van der Waals surface area contributed by atoms with Crippen LogP contribution < -0.4 is 5.56 Å². The quantitative estimate of drug-likeness (QED) is 0.429. The van der Waals surface area contributed by atoms with E-state index in [4.69, 9.17) is 9.72 Å². The van der Waals surface area contributed by atoms with Crippen LogP contribution in [0.25, 0.3) is 10.2 Å². The van der Waals surface area contributed by atoms with Crippen molar-refractivity contribution < 1.29 is 9.53 Å². The lowest BCUT2D eigenvalue weighted by Crippen LogP contribution is -2.46. The molecule has 0 N–H and O–H groups in total. The Kier molecular flexibility index (Phi) is 7.91. The molecule has 0 spiro atoms. The molecule has 2 aromatic rings.